The third-order valence-corrected chi connectivity index (χ3v) is 4.50. The van der Waals surface area contributed by atoms with Crippen molar-refractivity contribution in [3.8, 4) is 0 Å². The van der Waals surface area contributed by atoms with Gasteiger partial charge in [-0.15, -0.1) is 0 Å². The molecule has 2 aliphatic carbocycles. The van der Waals surface area contributed by atoms with Crippen LogP contribution in [0.2, 0.25) is 0 Å². The number of Topliss-reactive ketones (excluding diaryl/α,β-unsaturated/α-hetero) is 1. The first-order chi connectivity index (χ1) is 9.07. The fourth-order valence-corrected chi connectivity index (χ4v) is 3.21. The van der Waals surface area contributed by atoms with Gasteiger partial charge in [0.25, 0.3) is 0 Å². The molecule has 2 fully saturated rings. The molecule has 0 amide bonds. The average molecular weight is 264 g/mol. The summed E-state index contributed by atoms with van der Waals surface area (Å²) in [4.78, 5) is 12.3. The molecular formula is C16H18F2O. The minimum absolute atomic E-state index is 0.0825. The number of hydrogen-bond acceptors (Lipinski definition) is 1. The van der Waals surface area contributed by atoms with Gasteiger partial charge in [-0.2, -0.15) is 0 Å². The maximum absolute atomic E-state index is 13.1. The zero-order valence-electron chi connectivity index (χ0n) is 10.8. The maximum atomic E-state index is 13.1. The van der Waals surface area contributed by atoms with Crippen LogP contribution < -0.4 is 0 Å². The summed E-state index contributed by atoms with van der Waals surface area (Å²) in [6, 6.07) is 10.0. The summed E-state index contributed by atoms with van der Waals surface area (Å²) in [6.45, 7) is 0. The first-order valence-corrected chi connectivity index (χ1v) is 7.03. The van der Waals surface area contributed by atoms with Crippen molar-refractivity contribution in [3.05, 3.63) is 35.9 Å². The van der Waals surface area contributed by atoms with Crippen LogP contribution in [-0.2, 0) is 4.79 Å². The van der Waals surface area contributed by atoms with Crippen molar-refractivity contribution in [2.75, 3.05) is 0 Å². The number of alkyl halides is 2. The van der Waals surface area contributed by atoms with Crippen LogP contribution in [0, 0.1) is 11.8 Å². The van der Waals surface area contributed by atoms with E-state index >= 15 is 0 Å². The number of carbonyl (C=O) groups excluding carboxylic acids is 1. The monoisotopic (exact) mass is 264 g/mol. The molecule has 2 saturated carbocycles. The molecule has 0 aliphatic heterocycles. The Morgan fingerprint density at radius 1 is 1.11 bits per heavy atom. The zero-order valence-corrected chi connectivity index (χ0v) is 10.8. The predicted molar refractivity (Wildman–Crippen MR) is 69.2 cm³/mol. The molecule has 0 N–H and O–H groups in total. The predicted octanol–water partition coefficient (Wildman–Crippen LogP) is 4.18. The number of hydrogen-bond donors (Lipinski definition) is 0. The van der Waals surface area contributed by atoms with E-state index in [1.807, 2.05) is 30.3 Å². The lowest BCUT2D eigenvalue weighted by Gasteiger charge is -2.27. The summed E-state index contributed by atoms with van der Waals surface area (Å²) in [5, 5.41) is 0. The lowest BCUT2D eigenvalue weighted by Crippen LogP contribution is -2.29. The molecule has 0 saturated heterocycles. The molecule has 3 heteroatoms. The highest BCUT2D eigenvalue weighted by Gasteiger charge is 2.47. The van der Waals surface area contributed by atoms with Gasteiger partial charge in [0.15, 0.2) is 0 Å². The fourth-order valence-electron chi connectivity index (χ4n) is 3.21. The second-order valence-electron chi connectivity index (χ2n) is 5.89. The third-order valence-electron chi connectivity index (χ3n) is 4.50. The molecular weight excluding hydrogens is 246 g/mol. The van der Waals surface area contributed by atoms with Gasteiger partial charge in [-0.3, -0.25) is 4.79 Å². The van der Waals surface area contributed by atoms with Gasteiger partial charge in [0, 0.05) is 24.7 Å². The second-order valence-corrected chi connectivity index (χ2v) is 5.89. The second kappa shape index (κ2) is 4.69. The summed E-state index contributed by atoms with van der Waals surface area (Å²) in [5.41, 5.74) is 1.21. The van der Waals surface area contributed by atoms with Gasteiger partial charge in [-0.25, -0.2) is 8.78 Å². The first kappa shape index (κ1) is 12.8. The lowest BCUT2D eigenvalue weighted by molar-refractivity contribution is -0.128. The Kier molecular flexibility index (Phi) is 3.15. The van der Waals surface area contributed by atoms with E-state index in [1.165, 1.54) is 5.56 Å². The first-order valence-electron chi connectivity index (χ1n) is 7.03. The Balaban J connectivity index is 1.59. The van der Waals surface area contributed by atoms with E-state index < -0.39 is 5.92 Å². The third kappa shape index (κ3) is 2.70. The Labute approximate surface area is 112 Å². The van der Waals surface area contributed by atoms with Crippen molar-refractivity contribution in [1.82, 2.24) is 0 Å². The highest BCUT2D eigenvalue weighted by molar-refractivity contribution is 5.87. The van der Waals surface area contributed by atoms with Crippen LogP contribution in [0.4, 0.5) is 8.78 Å². The van der Waals surface area contributed by atoms with Crippen LogP contribution in [0.1, 0.15) is 43.6 Å². The highest BCUT2D eigenvalue weighted by atomic mass is 19.3. The van der Waals surface area contributed by atoms with Gasteiger partial charge in [0.2, 0.25) is 5.92 Å². The standard InChI is InChI=1S/C16H18F2O/c17-16(18)8-6-12(7-9-16)15(19)14-10-13(14)11-4-2-1-3-5-11/h1-5,12-14H,6-10H2. The van der Waals surface area contributed by atoms with Gasteiger partial charge >= 0.3 is 0 Å². The van der Waals surface area contributed by atoms with E-state index in [9.17, 15) is 13.6 Å². The molecule has 2 aliphatic rings. The van der Waals surface area contributed by atoms with E-state index in [-0.39, 0.29) is 30.5 Å². The lowest BCUT2D eigenvalue weighted by atomic mass is 9.82. The summed E-state index contributed by atoms with van der Waals surface area (Å²) < 4.78 is 26.2. The van der Waals surface area contributed by atoms with E-state index in [4.69, 9.17) is 0 Å². The van der Waals surface area contributed by atoms with Crippen LogP contribution in [-0.4, -0.2) is 11.7 Å². The van der Waals surface area contributed by atoms with Gasteiger partial charge in [0.1, 0.15) is 5.78 Å². The molecule has 1 aromatic carbocycles. The molecule has 2 atom stereocenters. The molecule has 0 radical (unpaired) electrons. The fraction of sp³-hybridized carbons (Fsp3) is 0.562. The summed E-state index contributed by atoms with van der Waals surface area (Å²) in [5.74, 6) is -2.03. The topological polar surface area (TPSA) is 17.1 Å². The van der Waals surface area contributed by atoms with E-state index in [2.05, 4.69) is 0 Å². The van der Waals surface area contributed by atoms with Crippen molar-refractivity contribution in [2.45, 2.75) is 43.9 Å². The quantitative estimate of drug-likeness (QED) is 0.800. The van der Waals surface area contributed by atoms with Crippen LogP contribution in [0.3, 0.4) is 0 Å². The van der Waals surface area contributed by atoms with E-state index in [0.717, 1.165) is 6.42 Å². The van der Waals surface area contributed by atoms with Gasteiger partial charge < -0.3 is 0 Å². The van der Waals surface area contributed by atoms with Gasteiger partial charge in [-0.05, 0) is 30.7 Å². The van der Waals surface area contributed by atoms with Crippen LogP contribution >= 0.6 is 0 Å². The smallest absolute Gasteiger partial charge is 0.248 e. The number of ketones is 1. The summed E-state index contributed by atoms with van der Waals surface area (Å²) in [6.07, 6.45) is 1.39. The zero-order chi connectivity index (χ0) is 13.5. The van der Waals surface area contributed by atoms with Crippen molar-refractivity contribution >= 4 is 5.78 Å². The molecule has 2 unspecified atom stereocenters. The number of halogens is 2. The molecule has 1 aromatic rings. The largest absolute Gasteiger partial charge is 0.299 e. The van der Waals surface area contributed by atoms with Gasteiger partial charge in [-0.1, -0.05) is 30.3 Å². The van der Waals surface area contributed by atoms with Crippen LogP contribution in [0.15, 0.2) is 30.3 Å². The van der Waals surface area contributed by atoms with Crippen molar-refractivity contribution < 1.29 is 13.6 Å². The minimum Gasteiger partial charge on any atom is -0.299 e. The average Bonchev–Trinajstić information content (AvgIpc) is 3.19. The summed E-state index contributed by atoms with van der Waals surface area (Å²) in [7, 11) is 0. The Hall–Kier alpha value is -1.25. The molecule has 19 heavy (non-hydrogen) atoms. The van der Waals surface area contributed by atoms with Crippen LogP contribution in [0.5, 0.6) is 0 Å². The number of rotatable bonds is 3. The van der Waals surface area contributed by atoms with Gasteiger partial charge in [0.05, 0.1) is 0 Å². The Bertz CT molecular complexity index is 459. The van der Waals surface area contributed by atoms with Crippen molar-refractivity contribution in [2.24, 2.45) is 11.8 Å². The Morgan fingerprint density at radius 2 is 1.74 bits per heavy atom. The number of carbonyl (C=O) groups is 1. The van der Waals surface area contributed by atoms with Crippen LogP contribution in [0.25, 0.3) is 0 Å². The van der Waals surface area contributed by atoms with Crippen molar-refractivity contribution in [1.29, 1.82) is 0 Å². The molecule has 0 aromatic heterocycles. The minimum atomic E-state index is -2.54. The molecule has 0 heterocycles. The molecule has 1 nitrogen and oxygen atoms in total. The van der Waals surface area contributed by atoms with E-state index in [1.54, 1.807) is 0 Å². The molecule has 102 valence electrons. The molecule has 3 rings (SSSR count). The normalized spacial score (nSPS) is 30.0. The SMILES string of the molecule is O=C(C1CCC(F)(F)CC1)C1CC1c1ccccc1. The highest BCUT2D eigenvalue weighted by Crippen LogP contribution is 2.51. The van der Waals surface area contributed by atoms with Crippen molar-refractivity contribution in [3.63, 3.8) is 0 Å². The summed E-state index contributed by atoms with van der Waals surface area (Å²) >= 11 is 0. The molecule has 0 spiro atoms. The Morgan fingerprint density at radius 3 is 2.37 bits per heavy atom. The number of benzene rings is 1. The molecule has 0 bridgehead atoms. The van der Waals surface area contributed by atoms with E-state index in [0.29, 0.717) is 18.8 Å². The maximum Gasteiger partial charge on any atom is 0.248 e.